The van der Waals surface area contributed by atoms with Gasteiger partial charge in [-0.25, -0.2) is 4.39 Å². The quantitative estimate of drug-likeness (QED) is 0.176. The first-order chi connectivity index (χ1) is 17.3. The molecule has 1 aromatic carbocycles. The second-order valence-corrected chi connectivity index (χ2v) is 12.5. The molecule has 4 N–H and O–H groups in total. The van der Waals surface area contributed by atoms with Crippen LogP contribution in [0, 0.1) is 22.7 Å². The molecule has 10 heteroatoms. The molecule has 2 fully saturated rings. The first kappa shape index (κ1) is 28.1. The Hall–Kier alpha value is -1.88. The maximum absolute atomic E-state index is 13.3. The van der Waals surface area contributed by atoms with Crippen molar-refractivity contribution in [1.82, 2.24) is 0 Å². The molecule has 206 valence electrons. The van der Waals surface area contributed by atoms with Gasteiger partial charge < -0.3 is 10.2 Å². The van der Waals surface area contributed by atoms with Crippen LogP contribution in [0.5, 0.6) is 0 Å². The second-order valence-electron chi connectivity index (χ2n) is 11.3. The third-order valence-corrected chi connectivity index (χ3v) is 9.89. The minimum Gasteiger partial charge on any atom is -0.393 e. The highest BCUT2D eigenvalue weighted by Crippen LogP contribution is 2.69. The van der Waals surface area contributed by atoms with E-state index in [9.17, 15) is 36.4 Å². The van der Waals surface area contributed by atoms with Crippen LogP contribution in [0.3, 0.4) is 0 Å². The lowest BCUT2D eigenvalue weighted by molar-refractivity contribution is -0.0812. The summed E-state index contributed by atoms with van der Waals surface area (Å²) in [4.78, 5) is 0. The lowest BCUT2D eigenvalue weighted by Crippen LogP contribution is -2.54. The van der Waals surface area contributed by atoms with Crippen molar-refractivity contribution in [2.24, 2.45) is 22.7 Å². The van der Waals surface area contributed by atoms with Crippen LogP contribution in [0.4, 0.5) is 18.9 Å². The van der Waals surface area contributed by atoms with Crippen LogP contribution in [-0.4, -0.2) is 35.4 Å². The molecule has 0 spiro atoms. The summed E-state index contributed by atoms with van der Waals surface area (Å²) in [7, 11) is -4.41. The monoisotopic (exact) mass is 543 g/mol. The summed E-state index contributed by atoms with van der Waals surface area (Å²) in [6, 6.07) is 5.29. The molecule has 0 heterocycles. The molecule has 2 saturated carbocycles. The van der Waals surface area contributed by atoms with Crippen molar-refractivity contribution in [3.63, 3.8) is 0 Å². The predicted octanol–water partition coefficient (Wildman–Crippen LogP) is 5.90. The minimum atomic E-state index is -4.41. The van der Waals surface area contributed by atoms with Crippen LogP contribution in [0.2, 0.25) is 0 Å². The Labute approximate surface area is 216 Å². The zero-order chi connectivity index (χ0) is 27.2. The Kier molecular flexibility index (Phi) is 7.87. The van der Waals surface area contributed by atoms with Crippen LogP contribution in [-0.2, 0) is 16.7 Å². The van der Waals surface area contributed by atoms with Gasteiger partial charge in [-0.15, -0.1) is 6.58 Å². The molecule has 7 atom stereocenters. The molecule has 0 bridgehead atoms. The third-order valence-electron chi connectivity index (χ3n) is 9.40. The van der Waals surface area contributed by atoms with Gasteiger partial charge in [0, 0.05) is 0 Å². The Morgan fingerprint density at radius 2 is 2.00 bits per heavy atom. The van der Waals surface area contributed by atoms with E-state index in [4.69, 9.17) is 0 Å². The predicted molar refractivity (Wildman–Crippen MR) is 135 cm³/mol. The maximum atomic E-state index is 13.3. The fourth-order valence-corrected chi connectivity index (χ4v) is 8.34. The van der Waals surface area contributed by atoms with Crippen molar-refractivity contribution >= 4 is 16.0 Å². The number of hydrogen-bond acceptors (Lipinski definition) is 4. The maximum Gasteiger partial charge on any atom is 0.357 e. The van der Waals surface area contributed by atoms with Crippen LogP contribution in [0.1, 0.15) is 75.3 Å². The summed E-state index contributed by atoms with van der Waals surface area (Å²) < 4.78 is 72.3. The minimum absolute atomic E-state index is 0.0572. The smallest absolute Gasteiger partial charge is 0.357 e. The molecule has 1 aromatic rings. The fraction of sp³-hybridized carbons (Fsp3) is 0.630. The molecule has 4 rings (SSSR count). The Bertz CT molecular complexity index is 1170. The average Bonchev–Trinajstić information content (AvgIpc) is 3.13. The number of benzene rings is 1. The van der Waals surface area contributed by atoms with E-state index >= 15 is 0 Å². The molecule has 3 unspecified atom stereocenters. The van der Waals surface area contributed by atoms with Gasteiger partial charge in [0.1, 0.15) is 6.10 Å². The second kappa shape index (κ2) is 10.4. The first-order valence-corrected chi connectivity index (χ1v) is 14.3. The van der Waals surface area contributed by atoms with Crippen molar-refractivity contribution in [3.8, 4) is 0 Å². The number of nitrogens with one attached hydrogen (secondary N) is 1. The molecule has 37 heavy (non-hydrogen) atoms. The number of fused-ring (bicyclic) bond motifs is 5. The molecule has 0 radical (unpaired) electrons. The molecule has 0 saturated heterocycles. The standard InChI is InChI=1S/C27H36F3NO5S/c1-3-27-13-12-16-14-18(31-37(34,35)36)8-9-19(16)23(27)17(15-26(2)21(27)10-11-22(26)33)6-4-5-7-20(32)24(28)25(29)30/h3,8-9,14,17,20-23,31-33H,1,4-7,10-13,15H2,2H3,(H,34,35,36)/t17-,20+,21?,22-,23?,26-,27?/m0/s1. The van der Waals surface area contributed by atoms with Gasteiger partial charge in [-0.05, 0) is 96.8 Å². The Morgan fingerprint density at radius 3 is 2.65 bits per heavy atom. The molecule has 0 aromatic heterocycles. The van der Waals surface area contributed by atoms with E-state index in [0.717, 1.165) is 30.4 Å². The van der Waals surface area contributed by atoms with E-state index in [1.165, 1.54) is 0 Å². The van der Waals surface area contributed by atoms with Crippen molar-refractivity contribution in [1.29, 1.82) is 0 Å². The van der Waals surface area contributed by atoms with Gasteiger partial charge in [-0.3, -0.25) is 9.27 Å². The lowest BCUT2D eigenvalue weighted by Gasteiger charge is -2.60. The van der Waals surface area contributed by atoms with Gasteiger partial charge in [0.2, 0.25) is 0 Å². The van der Waals surface area contributed by atoms with Gasteiger partial charge in [-0.1, -0.05) is 31.9 Å². The van der Waals surface area contributed by atoms with Crippen molar-refractivity contribution in [2.45, 2.75) is 82.8 Å². The molecule has 3 aliphatic carbocycles. The zero-order valence-electron chi connectivity index (χ0n) is 21.0. The van der Waals surface area contributed by atoms with Crippen LogP contribution >= 0.6 is 0 Å². The zero-order valence-corrected chi connectivity index (χ0v) is 21.8. The normalized spacial score (nSPS) is 33.6. The number of hydrogen-bond donors (Lipinski definition) is 4. The van der Waals surface area contributed by atoms with Crippen LogP contribution in [0.15, 0.2) is 42.8 Å². The van der Waals surface area contributed by atoms with Crippen LogP contribution in [0.25, 0.3) is 0 Å². The average molecular weight is 544 g/mol. The van der Waals surface area contributed by atoms with E-state index in [2.05, 4.69) is 18.2 Å². The van der Waals surface area contributed by atoms with E-state index in [1.54, 1.807) is 12.1 Å². The fourth-order valence-electron chi connectivity index (χ4n) is 7.91. The Morgan fingerprint density at radius 1 is 1.27 bits per heavy atom. The molecule has 6 nitrogen and oxygen atoms in total. The number of anilines is 1. The highest BCUT2D eigenvalue weighted by Gasteiger charge is 2.63. The number of allylic oxidation sites excluding steroid dienone is 1. The number of aliphatic hydroxyl groups excluding tert-OH is 2. The summed E-state index contributed by atoms with van der Waals surface area (Å²) >= 11 is 0. The summed E-state index contributed by atoms with van der Waals surface area (Å²) in [5, 5.41) is 20.7. The number of aliphatic hydroxyl groups is 2. The van der Waals surface area contributed by atoms with Gasteiger partial charge in [0.05, 0.1) is 11.8 Å². The van der Waals surface area contributed by atoms with E-state index in [-0.39, 0.29) is 40.7 Å². The number of unbranched alkanes of at least 4 members (excludes halogenated alkanes) is 1. The van der Waals surface area contributed by atoms with Gasteiger partial charge in [0.25, 0.3) is 0 Å². The van der Waals surface area contributed by atoms with E-state index < -0.39 is 34.4 Å². The Balaban J connectivity index is 1.64. The molecule has 3 aliphatic rings. The summed E-state index contributed by atoms with van der Waals surface area (Å²) in [5.74, 6) is -1.38. The van der Waals surface area contributed by atoms with Crippen molar-refractivity contribution in [3.05, 3.63) is 53.9 Å². The highest BCUT2D eigenvalue weighted by molar-refractivity contribution is 7.87. The van der Waals surface area contributed by atoms with Gasteiger partial charge >= 0.3 is 16.4 Å². The topological polar surface area (TPSA) is 107 Å². The SMILES string of the molecule is C=CC12CCc3cc(NS(=O)(=O)O)ccc3C1[C@@H](CCCC[C@@H](O)C(F)=C(F)F)C[C@@]1(C)C2CC[C@@H]1O. The van der Waals surface area contributed by atoms with Gasteiger partial charge in [-0.2, -0.15) is 17.2 Å². The van der Waals surface area contributed by atoms with Gasteiger partial charge in [0.15, 0.2) is 5.83 Å². The molecular formula is C27H36F3NO5S. The van der Waals surface area contributed by atoms with Crippen LogP contribution < -0.4 is 4.72 Å². The largest absolute Gasteiger partial charge is 0.393 e. The lowest BCUT2D eigenvalue weighted by atomic mass is 9.44. The summed E-state index contributed by atoms with van der Waals surface area (Å²) in [6.45, 7) is 6.39. The first-order valence-electron chi connectivity index (χ1n) is 12.9. The number of halogens is 3. The molecule has 0 amide bonds. The van der Waals surface area contributed by atoms with Crippen molar-refractivity contribution < 1.29 is 36.4 Å². The van der Waals surface area contributed by atoms with E-state index in [0.29, 0.717) is 32.1 Å². The molecule has 0 aliphatic heterocycles. The summed E-state index contributed by atoms with van der Waals surface area (Å²) in [5.41, 5.74) is 1.79. The third kappa shape index (κ3) is 5.22. The van der Waals surface area contributed by atoms with E-state index in [1.807, 2.05) is 12.1 Å². The molecular weight excluding hydrogens is 507 g/mol. The number of rotatable bonds is 9. The van der Waals surface area contributed by atoms with Crippen molar-refractivity contribution in [2.75, 3.05) is 4.72 Å². The number of aryl methyl sites for hydroxylation is 1. The summed E-state index contributed by atoms with van der Waals surface area (Å²) in [6.07, 6.45) is 2.73. The highest BCUT2D eigenvalue weighted by atomic mass is 32.2.